The normalized spacial score (nSPS) is 11.1. The van der Waals surface area contributed by atoms with Crippen molar-refractivity contribution >= 4 is 23.0 Å². The van der Waals surface area contributed by atoms with Gasteiger partial charge < -0.3 is 10.1 Å². The van der Waals surface area contributed by atoms with Crippen molar-refractivity contribution < 1.29 is 4.74 Å². The Balaban J connectivity index is 2.40. The lowest BCUT2D eigenvalue weighted by atomic mass is 10.2. The van der Waals surface area contributed by atoms with Gasteiger partial charge in [-0.1, -0.05) is 0 Å². The van der Waals surface area contributed by atoms with E-state index < -0.39 is 0 Å². The highest BCUT2D eigenvalue weighted by Crippen LogP contribution is 1.97. The second-order valence-electron chi connectivity index (χ2n) is 3.29. The van der Waals surface area contributed by atoms with E-state index >= 15 is 0 Å². The molecule has 1 rings (SSSR count). The number of aromatic nitrogens is 1. The molecule has 0 unspecified atom stereocenters. The Morgan fingerprint density at radius 2 is 2.18 bits per heavy atom. The second kappa shape index (κ2) is 7.70. The van der Waals surface area contributed by atoms with E-state index in [2.05, 4.69) is 20.8 Å². The van der Waals surface area contributed by atoms with Gasteiger partial charge in [-0.05, 0) is 31.3 Å². The molecule has 1 heterocycles. The van der Waals surface area contributed by atoms with Crippen LogP contribution in [0.3, 0.4) is 0 Å². The molecule has 0 aliphatic rings. The van der Waals surface area contributed by atoms with Crippen LogP contribution < -0.4 is 10.7 Å². The zero-order chi connectivity index (χ0) is 12.5. The van der Waals surface area contributed by atoms with Crippen molar-refractivity contribution in [3.63, 3.8) is 0 Å². The Morgan fingerprint density at radius 3 is 2.82 bits per heavy atom. The van der Waals surface area contributed by atoms with Gasteiger partial charge in [0, 0.05) is 31.6 Å². The lowest BCUT2D eigenvalue weighted by Gasteiger charge is -2.07. The van der Waals surface area contributed by atoms with E-state index in [1.54, 1.807) is 19.5 Å². The smallest absolute Gasteiger partial charge is 0.187 e. The first-order valence-corrected chi connectivity index (χ1v) is 5.62. The average Bonchev–Trinajstić information content (AvgIpc) is 2.37. The average molecular weight is 252 g/mol. The molecule has 0 fully saturated rings. The van der Waals surface area contributed by atoms with Crippen molar-refractivity contribution in [1.29, 1.82) is 0 Å². The minimum atomic E-state index is 0.482. The monoisotopic (exact) mass is 252 g/mol. The van der Waals surface area contributed by atoms with Crippen LogP contribution in [0.4, 0.5) is 0 Å². The number of hydrogen-bond donors (Lipinski definition) is 2. The van der Waals surface area contributed by atoms with Crippen molar-refractivity contribution in [3.8, 4) is 0 Å². The molecule has 0 saturated carbocycles. The lowest BCUT2D eigenvalue weighted by Crippen LogP contribution is -2.34. The number of hydrogen-bond acceptors (Lipinski definition) is 4. The first-order valence-electron chi connectivity index (χ1n) is 5.21. The minimum Gasteiger partial charge on any atom is -0.383 e. The molecule has 0 spiro atoms. The van der Waals surface area contributed by atoms with Crippen molar-refractivity contribution in [2.24, 2.45) is 5.10 Å². The number of nitrogens with zero attached hydrogens (tertiary/aromatic N) is 2. The maximum atomic E-state index is 5.04. The Kier molecular flexibility index (Phi) is 6.13. The molecule has 5 nitrogen and oxygen atoms in total. The summed E-state index contributed by atoms with van der Waals surface area (Å²) in [6.45, 7) is 3.17. The van der Waals surface area contributed by atoms with Gasteiger partial charge in [-0.3, -0.25) is 10.4 Å². The molecule has 0 aliphatic heterocycles. The predicted octanol–water partition coefficient (Wildman–Crippen LogP) is 0.916. The van der Waals surface area contributed by atoms with Gasteiger partial charge in [0.05, 0.1) is 12.3 Å². The largest absolute Gasteiger partial charge is 0.383 e. The van der Waals surface area contributed by atoms with Gasteiger partial charge in [0.15, 0.2) is 5.11 Å². The molecule has 6 heteroatoms. The van der Waals surface area contributed by atoms with E-state index in [0.29, 0.717) is 18.3 Å². The summed E-state index contributed by atoms with van der Waals surface area (Å²) in [5.41, 5.74) is 4.63. The molecular weight excluding hydrogens is 236 g/mol. The second-order valence-corrected chi connectivity index (χ2v) is 3.70. The SMILES string of the molecule is COCCNC(=S)N/N=C(/C)c1ccncc1. The van der Waals surface area contributed by atoms with E-state index in [1.807, 2.05) is 19.1 Å². The first-order chi connectivity index (χ1) is 8.24. The lowest BCUT2D eigenvalue weighted by molar-refractivity contribution is 0.204. The van der Waals surface area contributed by atoms with E-state index in [4.69, 9.17) is 17.0 Å². The fourth-order valence-corrected chi connectivity index (χ4v) is 1.25. The highest BCUT2D eigenvalue weighted by atomic mass is 32.1. The summed E-state index contributed by atoms with van der Waals surface area (Å²) in [5.74, 6) is 0. The van der Waals surface area contributed by atoms with Gasteiger partial charge in [-0.15, -0.1) is 0 Å². The number of nitrogens with one attached hydrogen (secondary N) is 2. The standard InChI is InChI=1S/C11H16N4OS/c1-9(10-3-5-12-6-4-10)14-15-11(17)13-7-8-16-2/h3-6H,7-8H2,1-2H3,(H2,13,15,17)/b14-9-. The zero-order valence-corrected chi connectivity index (χ0v) is 10.8. The highest BCUT2D eigenvalue weighted by molar-refractivity contribution is 7.80. The molecule has 0 radical (unpaired) electrons. The maximum Gasteiger partial charge on any atom is 0.187 e. The number of rotatable bonds is 5. The van der Waals surface area contributed by atoms with Crippen molar-refractivity contribution in [2.45, 2.75) is 6.92 Å². The number of methoxy groups -OCH3 is 1. The topological polar surface area (TPSA) is 58.5 Å². The third-order valence-electron chi connectivity index (χ3n) is 2.01. The van der Waals surface area contributed by atoms with E-state index in [1.165, 1.54) is 0 Å². The Labute approximate surface area is 106 Å². The van der Waals surface area contributed by atoms with E-state index in [9.17, 15) is 0 Å². The van der Waals surface area contributed by atoms with Gasteiger partial charge in [0.1, 0.15) is 0 Å². The molecule has 0 atom stereocenters. The summed E-state index contributed by atoms with van der Waals surface area (Å²) < 4.78 is 4.89. The summed E-state index contributed by atoms with van der Waals surface area (Å²) in [5, 5.41) is 7.62. The molecule has 0 aromatic carbocycles. The molecule has 17 heavy (non-hydrogen) atoms. The number of pyridine rings is 1. The molecule has 0 aliphatic carbocycles. The van der Waals surface area contributed by atoms with Gasteiger partial charge in [-0.25, -0.2) is 0 Å². The van der Waals surface area contributed by atoms with Crippen LogP contribution in [0.5, 0.6) is 0 Å². The zero-order valence-electron chi connectivity index (χ0n) is 9.93. The number of ether oxygens (including phenoxy) is 1. The van der Waals surface area contributed by atoms with Crippen molar-refractivity contribution in [3.05, 3.63) is 30.1 Å². The fourth-order valence-electron chi connectivity index (χ4n) is 1.10. The molecule has 1 aromatic heterocycles. The number of hydrazone groups is 1. The Hall–Kier alpha value is -1.53. The highest BCUT2D eigenvalue weighted by Gasteiger charge is 1.97. The van der Waals surface area contributed by atoms with Crippen LogP contribution >= 0.6 is 12.2 Å². The fraction of sp³-hybridized carbons (Fsp3) is 0.364. The van der Waals surface area contributed by atoms with Gasteiger partial charge in [0.25, 0.3) is 0 Å². The van der Waals surface area contributed by atoms with Gasteiger partial charge in [-0.2, -0.15) is 5.10 Å². The summed E-state index contributed by atoms with van der Waals surface area (Å²) in [7, 11) is 1.64. The third kappa shape index (κ3) is 5.37. The van der Waals surface area contributed by atoms with Crippen LogP contribution in [-0.2, 0) is 4.74 Å². The van der Waals surface area contributed by atoms with Crippen LogP contribution in [0.15, 0.2) is 29.6 Å². The van der Waals surface area contributed by atoms with Crippen LogP contribution in [0.1, 0.15) is 12.5 Å². The Morgan fingerprint density at radius 1 is 1.47 bits per heavy atom. The van der Waals surface area contributed by atoms with Gasteiger partial charge >= 0.3 is 0 Å². The number of thiocarbonyl (C=S) groups is 1. The minimum absolute atomic E-state index is 0.482. The van der Waals surface area contributed by atoms with E-state index in [-0.39, 0.29) is 0 Å². The molecule has 0 bridgehead atoms. The quantitative estimate of drug-likeness (QED) is 0.353. The van der Waals surface area contributed by atoms with Gasteiger partial charge in [0.2, 0.25) is 0 Å². The van der Waals surface area contributed by atoms with Crippen LogP contribution in [0.2, 0.25) is 0 Å². The van der Waals surface area contributed by atoms with Crippen LogP contribution in [-0.4, -0.2) is 36.1 Å². The molecule has 1 aromatic rings. The van der Waals surface area contributed by atoms with E-state index in [0.717, 1.165) is 11.3 Å². The van der Waals surface area contributed by atoms with Crippen LogP contribution in [0.25, 0.3) is 0 Å². The summed E-state index contributed by atoms with van der Waals surface area (Å²) in [4.78, 5) is 3.95. The molecular formula is C11H16N4OS. The summed E-state index contributed by atoms with van der Waals surface area (Å²) in [6, 6.07) is 3.78. The van der Waals surface area contributed by atoms with Crippen molar-refractivity contribution in [1.82, 2.24) is 15.7 Å². The third-order valence-corrected chi connectivity index (χ3v) is 2.25. The molecule has 0 saturated heterocycles. The summed E-state index contributed by atoms with van der Waals surface area (Å²) >= 11 is 5.04. The van der Waals surface area contributed by atoms with Crippen molar-refractivity contribution in [2.75, 3.05) is 20.3 Å². The van der Waals surface area contributed by atoms with Crippen LogP contribution in [0, 0.1) is 0 Å². The molecule has 2 N–H and O–H groups in total. The summed E-state index contributed by atoms with van der Waals surface area (Å²) in [6.07, 6.45) is 3.45. The maximum absolute atomic E-state index is 5.04. The first kappa shape index (κ1) is 13.5. The molecule has 0 amide bonds. The predicted molar refractivity (Wildman–Crippen MR) is 72.1 cm³/mol. The Bertz CT molecular complexity index is 380. The molecule has 92 valence electrons.